The molecule has 214 valence electrons. The molecular formula is C34H33N3O5. The molecule has 1 N–H and O–H groups in total. The highest BCUT2D eigenvalue weighted by Crippen LogP contribution is 2.45. The Morgan fingerprint density at radius 1 is 1.05 bits per heavy atom. The molecule has 0 saturated heterocycles. The van der Waals surface area contributed by atoms with Crippen molar-refractivity contribution in [3.8, 4) is 34.0 Å². The average Bonchev–Trinajstić information content (AvgIpc) is 2.96. The van der Waals surface area contributed by atoms with Crippen LogP contribution in [0, 0.1) is 6.92 Å². The Bertz CT molecular complexity index is 1820. The van der Waals surface area contributed by atoms with E-state index >= 15 is 0 Å². The third kappa shape index (κ3) is 5.03. The molecule has 0 aliphatic carbocycles. The van der Waals surface area contributed by atoms with Gasteiger partial charge in [0.25, 0.3) is 0 Å². The van der Waals surface area contributed by atoms with Crippen molar-refractivity contribution in [2.24, 2.45) is 0 Å². The first kappa shape index (κ1) is 27.6. The lowest BCUT2D eigenvalue weighted by atomic mass is 9.85. The molecule has 0 bridgehead atoms. The molecule has 1 aliphatic heterocycles. The van der Waals surface area contributed by atoms with Gasteiger partial charge in [-0.3, -0.25) is 4.98 Å². The van der Waals surface area contributed by atoms with Crippen LogP contribution in [0.4, 0.5) is 0 Å². The fourth-order valence-corrected chi connectivity index (χ4v) is 5.73. The van der Waals surface area contributed by atoms with Crippen LogP contribution in [0.3, 0.4) is 0 Å². The van der Waals surface area contributed by atoms with E-state index in [1.807, 2.05) is 77.2 Å². The fraction of sp³-hybridized carbons (Fsp3) is 0.294. The Kier molecular flexibility index (Phi) is 7.02. The largest absolute Gasteiger partial charge is 0.493 e. The van der Waals surface area contributed by atoms with Gasteiger partial charge in [-0.15, -0.1) is 0 Å². The summed E-state index contributed by atoms with van der Waals surface area (Å²) in [6.07, 6.45) is 4.91. The van der Waals surface area contributed by atoms with Gasteiger partial charge in [-0.1, -0.05) is 18.2 Å². The number of hydrogen-bond acceptors (Lipinski definition) is 7. The molecule has 6 rings (SSSR count). The first-order chi connectivity index (χ1) is 20.1. The van der Waals surface area contributed by atoms with Crippen LogP contribution in [0.1, 0.15) is 50.5 Å². The smallest absolute Gasteiger partial charge is 0.337 e. The predicted octanol–water partition coefficient (Wildman–Crippen LogP) is 7.09. The second-order valence-corrected chi connectivity index (χ2v) is 11.5. The number of fused-ring (bicyclic) bond motifs is 1. The van der Waals surface area contributed by atoms with Gasteiger partial charge >= 0.3 is 12.0 Å². The number of benzene rings is 3. The molecule has 0 spiro atoms. The number of ether oxygens (including phenoxy) is 3. The zero-order valence-corrected chi connectivity index (χ0v) is 24.4. The van der Waals surface area contributed by atoms with Crippen molar-refractivity contribution < 1.29 is 24.1 Å². The van der Waals surface area contributed by atoms with Gasteiger partial charge in [-0.25, -0.2) is 14.8 Å². The van der Waals surface area contributed by atoms with Crippen LogP contribution >= 0.6 is 0 Å². The summed E-state index contributed by atoms with van der Waals surface area (Å²) in [5.41, 5.74) is 6.10. The molecule has 1 atom stereocenters. The molecule has 8 nitrogen and oxygen atoms in total. The zero-order chi connectivity index (χ0) is 29.6. The van der Waals surface area contributed by atoms with E-state index in [0.29, 0.717) is 24.8 Å². The van der Waals surface area contributed by atoms with Crippen molar-refractivity contribution in [3.05, 3.63) is 77.7 Å². The highest BCUT2D eigenvalue weighted by atomic mass is 16.5. The van der Waals surface area contributed by atoms with Crippen molar-refractivity contribution in [3.63, 3.8) is 0 Å². The lowest BCUT2D eigenvalue weighted by Crippen LogP contribution is -2.28. The van der Waals surface area contributed by atoms with Crippen molar-refractivity contribution >= 4 is 27.6 Å². The maximum atomic E-state index is 12.8. The second-order valence-electron chi connectivity index (χ2n) is 11.5. The van der Waals surface area contributed by atoms with Crippen molar-refractivity contribution in [2.45, 2.75) is 52.7 Å². The molecule has 5 aromatic rings. The van der Waals surface area contributed by atoms with Gasteiger partial charge in [0, 0.05) is 47.1 Å². The topological polar surface area (TPSA) is 104 Å². The van der Waals surface area contributed by atoms with E-state index in [-0.39, 0.29) is 0 Å². The Hall–Kier alpha value is -4.56. The number of pyridine rings is 1. The number of nitrogens with zero attached hydrogens (tertiary/aromatic N) is 3. The van der Waals surface area contributed by atoms with E-state index in [9.17, 15) is 9.90 Å². The van der Waals surface area contributed by atoms with Crippen molar-refractivity contribution in [1.29, 1.82) is 0 Å². The number of aliphatic carboxylic acids is 1. The van der Waals surface area contributed by atoms with E-state index in [2.05, 4.69) is 16.0 Å². The predicted molar refractivity (Wildman–Crippen MR) is 162 cm³/mol. The maximum Gasteiger partial charge on any atom is 0.337 e. The van der Waals surface area contributed by atoms with Crippen LogP contribution in [0.5, 0.6) is 11.8 Å². The molecular weight excluding hydrogens is 530 g/mol. The lowest BCUT2D eigenvalue weighted by molar-refractivity contribution is -0.160. The quantitative estimate of drug-likeness (QED) is 0.224. The van der Waals surface area contributed by atoms with Gasteiger partial charge in [0.15, 0.2) is 6.10 Å². The molecule has 0 fully saturated rings. The SMILES string of the molecule is CCOc1ncc(-c2ccc3c(-c4ccc5c6c(ccnc46)CCO5)c([C@H](OC(C)(C)C)C(=O)O)c(C)cc3c2)cn1. The number of carboxylic acids is 1. The van der Waals surface area contributed by atoms with E-state index in [0.717, 1.165) is 61.7 Å². The molecule has 8 heteroatoms. The van der Waals surface area contributed by atoms with E-state index in [4.69, 9.17) is 19.2 Å². The van der Waals surface area contributed by atoms with Gasteiger partial charge in [-0.05, 0) is 91.9 Å². The number of hydrogen-bond donors (Lipinski definition) is 1. The summed E-state index contributed by atoms with van der Waals surface area (Å²) in [5.74, 6) is -0.254. The highest BCUT2D eigenvalue weighted by molar-refractivity contribution is 6.09. The molecule has 2 aromatic heterocycles. The average molecular weight is 564 g/mol. The van der Waals surface area contributed by atoms with Crippen LogP contribution in [0.25, 0.3) is 43.9 Å². The van der Waals surface area contributed by atoms with Crippen LogP contribution in [0.2, 0.25) is 0 Å². The van der Waals surface area contributed by atoms with Crippen molar-refractivity contribution in [1.82, 2.24) is 15.0 Å². The Morgan fingerprint density at radius 2 is 1.83 bits per heavy atom. The van der Waals surface area contributed by atoms with E-state index < -0.39 is 17.7 Å². The second kappa shape index (κ2) is 10.7. The third-order valence-corrected chi connectivity index (χ3v) is 7.42. The minimum atomic E-state index is -1.19. The Labute approximate surface area is 244 Å². The Morgan fingerprint density at radius 3 is 2.55 bits per heavy atom. The molecule has 0 amide bonds. The van der Waals surface area contributed by atoms with Crippen LogP contribution < -0.4 is 9.47 Å². The number of carbonyl (C=O) groups is 1. The van der Waals surface area contributed by atoms with Gasteiger partial charge in [0.05, 0.1) is 24.3 Å². The van der Waals surface area contributed by atoms with Gasteiger partial charge in [-0.2, -0.15) is 0 Å². The van der Waals surface area contributed by atoms with E-state index in [1.165, 1.54) is 5.56 Å². The first-order valence-corrected chi connectivity index (χ1v) is 14.1. The molecule has 0 radical (unpaired) electrons. The lowest BCUT2D eigenvalue weighted by Gasteiger charge is -2.29. The minimum absolute atomic E-state index is 0.336. The third-order valence-electron chi connectivity index (χ3n) is 7.42. The molecule has 3 aromatic carbocycles. The minimum Gasteiger partial charge on any atom is -0.493 e. The monoisotopic (exact) mass is 563 g/mol. The number of aryl methyl sites for hydroxylation is 1. The van der Waals surface area contributed by atoms with Crippen LogP contribution in [-0.4, -0.2) is 44.8 Å². The summed E-state index contributed by atoms with van der Waals surface area (Å²) in [7, 11) is 0. The molecule has 0 unspecified atom stereocenters. The van der Waals surface area contributed by atoms with Crippen LogP contribution in [-0.2, 0) is 16.0 Å². The summed E-state index contributed by atoms with van der Waals surface area (Å²) < 4.78 is 17.6. The Balaban J connectivity index is 1.64. The van der Waals surface area contributed by atoms with E-state index in [1.54, 1.807) is 12.4 Å². The number of aromatic nitrogens is 3. The highest BCUT2D eigenvalue weighted by Gasteiger charge is 2.32. The summed E-state index contributed by atoms with van der Waals surface area (Å²) in [6.45, 7) is 10.5. The fourth-order valence-electron chi connectivity index (χ4n) is 5.73. The zero-order valence-electron chi connectivity index (χ0n) is 24.4. The molecule has 42 heavy (non-hydrogen) atoms. The molecule has 1 aliphatic rings. The van der Waals surface area contributed by atoms with Gasteiger partial charge in [0.1, 0.15) is 5.75 Å². The van der Waals surface area contributed by atoms with Crippen molar-refractivity contribution in [2.75, 3.05) is 13.2 Å². The van der Waals surface area contributed by atoms with Gasteiger partial charge < -0.3 is 19.3 Å². The normalized spacial score (nSPS) is 13.6. The summed E-state index contributed by atoms with van der Waals surface area (Å²) in [5, 5.41) is 13.3. The number of carboxylic acid groups (broad SMARTS) is 1. The summed E-state index contributed by atoms with van der Waals surface area (Å²) in [6, 6.07) is 14.5. The summed E-state index contributed by atoms with van der Waals surface area (Å²) >= 11 is 0. The van der Waals surface area contributed by atoms with Gasteiger partial charge in [0.2, 0.25) is 0 Å². The maximum absolute atomic E-state index is 12.8. The van der Waals surface area contributed by atoms with Crippen LogP contribution in [0.15, 0.2) is 61.1 Å². The number of rotatable bonds is 7. The first-order valence-electron chi connectivity index (χ1n) is 14.1. The standard InChI is InChI=1S/C34H33N3O5/c1-6-40-33-36-17-23(18-37-33)21-7-8-24-22(16-21)15-19(2)27(31(32(38)39)42-34(3,4)5)29(24)25-9-10-26-28-20(12-14-41-26)11-13-35-30(25)28/h7-11,13,15-18,31H,6,12,14H2,1-5H3,(H,38,39)/t31-/m0/s1. The molecule has 3 heterocycles. The summed E-state index contributed by atoms with van der Waals surface area (Å²) in [4.78, 5) is 26.3. The molecule has 0 saturated carbocycles.